The van der Waals surface area contributed by atoms with Gasteiger partial charge in [0.1, 0.15) is 5.69 Å². The highest BCUT2D eigenvalue weighted by Gasteiger charge is 2.34. The number of hydrogen-bond donors (Lipinski definition) is 3. The van der Waals surface area contributed by atoms with Crippen molar-refractivity contribution in [2.75, 3.05) is 18.4 Å². The molecule has 0 bridgehead atoms. The Bertz CT molecular complexity index is 604. The minimum atomic E-state index is -0.721. The van der Waals surface area contributed by atoms with Crippen molar-refractivity contribution < 1.29 is 9.72 Å². The van der Waals surface area contributed by atoms with E-state index >= 15 is 0 Å². The lowest BCUT2D eigenvalue weighted by molar-refractivity contribution is -0.384. The smallest absolute Gasteiger partial charge is 0.292 e. The van der Waals surface area contributed by atoms with Gasteiger partial charge in [0.15, 0.2) is 0 Å². The van der Waals surface area contributed by atoms with Gasteiger partial charge in [-0.2, -0.15) is 0 Å². The summed E-state index contributed by atoms with van der Waals surface area (Å²) in [5.74, 6) is -0.0801. The van der Waals surface area contributed by atoms with E-state index in [-0.39, 0.29) is 24.0 Å². The largest absolute Gasteiger partial charge is 0.379 e. The summed E-state index contributed by atoms with van der Waals surface area (Å²) < 4.78 is 0. The Morgan fingerprint density at radius 1 is 1.28 bits per heavy atom. The molecule has 0 heterocycles. The number of nitrogens with two attached hydrogens (primary N) is 1. The van der Waals surface area contributed by atoms with Crippen LogP contribution in [0.25, 0.3) is 0 Å². The predicted molar refractivity (Wildman–Crippen MR) is 101 cm³/mol. The van der Waals surface area contributed by atoms with Gasteiger partial charge < -0.3 is 16.4 Å². The first-order valence-electron chi connectivity index (χ1n) is 8.48. The number of nitro groups is 1. The second kappa shape index (κ2) is 9.58. The lowest BCUT2D eigenvalue weighted by atomic mass is 9.82. The fourth-order valence-corrected chi connectivity index (χ4v) is 3.04. The van der Waals surface area contributed by atoms with Crippen LogP contribution in [0.5, 0.6) is 0 Å². The lowest BCUT2D eigenvalue weighted by Gasteiger charge is -2.31. The molecule has 7 nitrogen and oxygen atoms in total. The van der Waals surface area contributed by atoms with Crippen LogP contribution in [0, 0.1) is 17.0 Å². The molecule has 1 saturated carbocycles. The number of anilines is 1. The molecule has 1 fully saturated rings. The summed E-state index contributed by atoms with van der Waals surface area (Å²) in [6.07, 6.45) is 5.31. The van der Waals surface area contributed by atoms with Crippen LogP contribution in [-0.2, 0) is 4.79 Å². The molecule has 0 atom stereocenters. The van der Waals surface area contributed by atoms with Crippen LogP contribution in [0.2, 0.25) is 0 Å². The van der Waals surface area contributed by atoms with E-state index < -0.39 is 10.5 Å². The zero-order valence-corrected chi connectivity index (χ0v) is 15.4. The first-order chi connectivity index (χ1) is 11.4. The van der Waals surface area contributed by atoms with E-state index in [4.69, 9.17) is 5.73 Å². The standard InChI is InChI=1S/C17H26N4O3.ClH/c1-13-6-7-14(15(12-13)21(23)24)19-10-5-11-20-16(22)17(18)8-3-2-4-9-17;/h6-7,12,19H,2-5,8-11,18H2,1H3,(H,20,22);1H. The summed E-state index contributed by atoms with van der Waals surface area (Å²) in [6, 6.07) is 5.09. The van der Waals surface area contributed by atoms with Gasteiger partial charge in [-0.25, -0.2) is 0 Å². The Morgan fingerprint density at radius 2 is 1.96 bits per heavy atom. The van der Waals surface area contributed by atoms with Gasteiger partial charge in [-0.05, 0) is 37.8 Å². The van der Waals surface area contributed by atoms with E-state index in [9.17, 15) is 14.9 Å². The normalized spacial score (nSPS) is 15.8. The molecule has 1 aliphatic rings. The SMILES string of the molecule is Cc1ccc(NCCCNC(=O)C2(N)CCCCC2)c([N+](=O)[O-])c1.Cl. The van der Waals surface area contributed by atoms with Crippen molar-refractivity contribution in [3.05, 3.63) is 33.9 Å². The van der Waals surface area contributed by atoms with Crippen molar-refractivity contribution in [3.63, 3.8) is 0 Å². The summed E-state index contributed by atoms with van der Waals surface area (Å²) in [4.78, 5) is 22.9. The molecule has 1 aromatic rings. The number of rotatable bonds is 7. The van der Waals surface area contributed by atoms with Gasteiger partial charge in [-0.1, -0.05) is 25.3 Å². The molecule has 1 aromatic carbocycles. The van der Waals surface area contributed by atoms with Crippen LogP contribution in [0.3, 0.4) is 0 Å². The van der Waals surface area contributed by atoms with Crippen molar-refractivity contribution in [3.8, 4) is 0 Å². The van der Waals surface area contributed by atoms with Gasteiger partial charge in [0.2, 0.25) is 5.91 Å². The van der Waals surface area contributed by atoms with Gasteiger partial charge in [0, 0.05) is 19.2 Å². The zero-order chi connectivity index (χ0) is 17.6. The predicted octanol–water partition coefficient (Wildman–Crippen LogP) is 2.90. The van der Waals surface area contributed by atoms with Crippen molar-refractivity contribution in [2.45, 2.75) is 51.0 Å². The number of nitro benzene ring substituents is 1. The Labute approximate surface area is 154 Å². The number of halogens is 1. The number of carbonyl (C=O) groups excluding carboxylic acids is 1. The van der Waals surface area contributed by atoms with Crippen molar-refractivity contribution in [1.82, 2.24) is 5.32 Å². The van der Waals surface area contributed by atoms with Crippen LogP contribution in [-0.4, -0.2) is 29.5 Å². The minimum absolute atomic E-state index is 0. The highest BCUT2D eigenvalue weighted by atomic mass is 35.5. The van der Waals surface area contributed by atoms with Gasteiger partial charge in [-0.3, -0.25) is 14.9 Å². The molecule has 0 radical (unpaired) electrons. The first kappa shape index (κ1) is 21.2. The molecule has 1 aliphatic carbocycles. The molecular formula is C17H27ClN4O3. The van der Waals surface area contributed by atoms with Crippen LogP contribution >= 0.6 is 12.4 Å². The topological polar surface area (TPSA) is 110 Å². The van der Waals surface area contributed by atoms with Gasteiger partial charge in [0.05, 0.1) is 10.5 Å². The molecule has 25 heavy (non-hydrogen) atoms. The Balaban J connectivity index is 0.00000312. The number of aryl methyl sites for hydroxylation is 1. The molecular weight excluding hydrogens is 344 g/mol. The molecule has 0 unspecified atom stereocenters. The molecule has 0 aliphatic heterocycles. The van der Waals surface area contributed by atoms with Crippen LogP contribution < -0.4 is 16.4 Å². The monoisotopic (exact) mass is 370 g/mol. The lowest BCUT2D eigenvalue weighted by Crippen LogP contribution is -2.55. The minimum Gasteiger partial charge on any atom is -0.379 e. The molecule has 2 rings (SSSR count). The number of carbonyl (C=O) groups is 1. The summed E-state index contributed by atoms with van der Waals surface area (Å²) in [7, 11) is 0. The summed E-state index contributed by atoms with van der Waals surface area (Å²) in [5.41, 5.74) is 6.87. The maximum atomic E-state index is 12.2. The fraction of sp³-hybridized carbons (Fsp3) is 0.588. The quantitative estimate of drug-likeness (QED) is 0.388. The van der Waals surface area contributed by atoms with Crippen LogP contribution in [0.15, 0.2) is 18.2 Å². The van der Waals surface area contributed by atoms with Gasteiger partial charge in [-0.15, -0.1) is 12.4 Å². The van der Waals surface area contributed by atoms with E-state index in [0.29, 0.717) is 25.2 Å². The average molecular weight is 371 g/mol. The Morgan fingerprint density at radius 3 is 2.60 bits per heavy atom. The average Bonchev–Trinajstić information content (AvgIpc) is 2.56. The third kappa shape index (κ3) is 5.86. The third-order valence-electron chi connectivity index (χ3n) is 4.50. The summed E-state index contributed by atoms with van der Waals surface area (Å²) in [6.45, 7) is 2.87. The van der Waals surface area contributed by atoms with E-state index in [1.165, 1.54) is 0 Å². The first-order valence-corrected chi connectivity index (χ1v) is 8.48. The molecule has 140 valence electrons. The zero-order valence-electron chi connectivity index (χ0n) is 14.5. The molecule has 0 saturated heterocycles. The fourth-order valence-electron chi connectivity index (χ4n) is 3.04. The summed E-state index contributed by atoms with van der Waals surface area (Å²) >= 11 is 0. The second-order valence-corrected chi connectivity index (χ2v) is 6.53. The molecule has 8 heteroatoms. The van der Waals surface area contributed by atoms with Crippen molar-refractivity contribution >= 4 is 29.7 Å². The van der Waals surface area contributed by atoms with E-state index in [1.54, 1.807) is 12.1 Å². The van der Waals surface area contributed by atoms with E-state index in [0.717, 1.165) is 37.7 Å². The molecule has 4 N–H and O–H groups in total. The number of amides is 1. The maximum absolute atomic E-state index is 12.2. The highest BCUT2D eigenvalue weighted by molar-refractivity contribution is 5.86. The number of nitrogens with zero attached hydrogens (tertiary/aromatic N) is 1. The maximum Gasteiger partial charge on any atom is 0.292 e. The Kier molecular flexibility index (Phi) is 8.12. The number of benzene rings is 1. The van der Waals surface area contributed by atoms with Crippen LogP contribution in [0.1, 0.15) is 44.1 Å². The van der Waals surface area contributed by atoms with Gasteiger partial charge in [0.25, 0.3) is 5.69 Å². The second-order valence-electron chi connectivity index (χ2n) is 6.53. The Hall–Kier alpha value is -1.86. The van der Waals surface area contributed by atoms with E-state index in [2.05, 4.69) is 10.6 Å². The molecule has 0 spiro atoms. The van der Waals surface area contributed by atoms with Crippen molar-refractivity contribution in [1.29, 1.82) is 0 Å². The van der Waals surface area contributed by atoms with Crippen LogP contribution in [0.4, 0.5) is 11.4 Å². The van der Waals surface area contributed by atoms with Gasteiger partial charge >= 0.3 is 0 Å². The molecule has 1 amide bonds. The highest BCUT2D eigenvalue weighted by Crippen LogP contribution is 2.26. The van der Waals surface area contributed by atoms with Crippen molar-refractivity contribution in [2.24, 2.45) is 5.73 Å². The third-order valence-corrected chi connectivity index (χ3v) is 4.50. The number of nitrogens with one attached hydrogen (secondary N) is 2. The summed E-state index contributed by atoms with van der Waals surface area (Å²) in [5, 5.41) is 17.0. The molecule has 0 aromatic heterocycles. The number of hydrogen-bond acceptors (Lipinski definition) is 5. The van der Waals surface area contributed by atoms with E-state index in [1.807, 2.05) is 13.0 Å².